The van der Waals surface area contributed by atoms with Crippen molar-refractivity contribution in [2.24, 2.45) is 5.92 Å². The number of rotatable bonds is 2. The molecule has 1 N–H and O–H groups in total. The molecule has 3 heteroatoms. The lowest BCUT2D eigenvalue weighted by Gasteiger charge is -2.13. The molecule has 1 saturated carbocycles. The van der Waals surface area contributed by atoms with Crippen LogP contribution in [0.5, 0.6) is 0 Å². The first-order chi connectivity index (χ1) is 7.28. The van der Waals surface area contributed by atoms with E-state index in [-0.39, 0.29) is 0 Å². The minimum atomic E-state index is 0.473. The Kier molecular flexibility index (Phi) is 2.86. The van der Waals surface area contributed by atoms with E-state index in [2.05, 4.69) is 17.2 Å². The van der Waals surface area contributed by atoms with E-state index in [4.69, 9.17) is 5.26 Å². The molecular formula is C12H15N3. The molecule has 1 fully saturated rings. The van der Waals surface area contributed by atoms with Gasteiger partial charge >= 0.3 is 0 Å². The number of aromatic nitrogens is 1. The van der Waals surface area contributed by atoms with Crippen LogP contribution in [0.3, 0.4) is 0 Å². The number of nitrogens with one attached hydrogen (secondary N) is 1. The second-order valence-electron chi connectivity index (χ2n) is 4.30. The van der Waals surface area contributed by atoms with Crippen molar-refractivity contribution in [1.82, 2.24) is 4.98 Å². The van der Waals surface area contributed by atoms with Gasteiger partial charge in [-0.15, -0.1) is 0 Å². The maximum atomic E-state index is 8.61. The van der Waals surface area contributed by atoms with Crippen molar-refractivity contribution in [1.29, 1.82) is 5.26 Å². The highest BCUT2D eigenvalue weighted by molar-refractivity contribution is 5.43. The van der Waals surface area contributed by atoms with Gasteiger partial charge in [0.15, 0.2) is 0 Å². The summed E-state index contributed by atoms with van der Waals surface area (Å²) in [5.41, 5.74) is 1.49. The Morgan fingerprint density at radius 1 is 1.47 bits per heavy atom. The number of anilines is 1. The minimum absolute atomic E-state index is 0.473. The molecule has 0 radical (unpaired) electrons. The average molecular weight is 201 g/mol. The van der Waals surface area contributed by atoms with Crippen LogP contribution in [-0.2, 0) is 0 Å². The van der Waals surface area contributed by atoms with E-state index < -0.39 is 0 Å². The standard InChI is InChI=1S/C12H15N3/c1-9-2-3-10(6-9)15-12-5-4-11(7-13)14-8-12/h4-5,8-10,15H,2-3,6H2,1H3. The van der Waals surface area contributed by atoms with Gasteiger partial charge in [-0.2, -0.15) is 5.26 Å². The van der Waals surface area contributed by atoms with Crippen molar-refractivity contribution >= 4 is 5.69 Å². The topological polar surface area (TPSA) is 48.7 Å². The number of pyridine rings is 1. The minimum Gasteiger partial charge on any atom is -0.381 e. The van der Waals surface area contributed by atoms with Crippen LogP contribution in [0.1, 0.15) is 31.9 Å². The van der Waals surface area contributed by atoms with Gasteiger partial charge in [-0.1, -0.05) is 6.92 Å². The van der Waals surface area contributed by atoms with Gasteiger partial charge in [0.05, 0.1) is 11.9 Å². The van der Waals surface area contributed by atoms with Crippen molar-refractivity contribution in [2.45, 2.75) is 32.2 Å². The molecule has 1 aromatic rings. The highest BCUT2D eigenvalue weighted by Crippen LogP contribution is 2.27. The van der Waals surface area contributed by atoms with Crippen molar-refractivity contribution < 1.29 is 0 Å². The maximum Gasteiger partial charge on any atom is 0.140 e. The number of nitrogens with zero attached hydrogens (tertiary/aromatic N) is 2. The highest BCUT2D eigenvalue weighted by Gasteiger charge is 2.20. The first-order valence-electron chi connectivity index (χ1n) is 5.40. The Hall–Kier alpha value is -1.56. The van der Waals surface area contributed by atoms with Gasteiger partial charge in [-0.05, 0) is 37.3 Å². The zero-order valence-electron chi connectivity index (χ0n) is 8.90. The van der Waals surface area contributed by atoms with Crippen LogP contribution in [0.2, 0.25) is 0 Å². The number of hydrogen-bond acceptors (Lipinski definition) is 3. The van der Waals surface area contributed by atoms with Crippen molar-refractivity contribution in [2.75, 3.05) is 5.32 Å². The molecule has 0 saturated heterocycles. The number of nitriles is 1. The molecule has 0 aliphatic heterocycles. The normalized spacial score (nSPS) is 24.8. The zero-order chi connectivity index (χ0) is 10.7. The van der Waals surface area contributed by atoms with Gasteiger partial charge in [0, 0.05) is 6.04 Å². The van der Waals surface area contributed by atoms with Gasteiger partial charge in [0.1, 0.15) is 11.8 Å². The fourth-order valence-electron chi connectivity index (χ4n) is 2.12. The SMILES string of the molecule is CC1CCC(Nc2ccc(C#N)nc2)C1. The molecule has 1 aromatic heterocycles. The summed E-state index contributed by atoms with van der Waals surface area (Å²) in [5.74, 6) is 0.828. The van der Waals surface area contributed by atoms with Crippen LogP contribution < -0.4 is 5.32 Å². The van der Waals surface area contributed by atoms with E-state index in [1.54, 1.807) is 12.3 Å². The fraction of sp³-hybridized carbons (Fsp3) is 0.500. The summed E-state index contributed by atoms with van der Waals surface area (Å²) in [6.07, 6.45) is 5.52. The Bertz CT molecular complexity index is 363. The van der Waals surface area contributed by atoms with Crippen LogP contribution >= 0.6 is 0 Å². The molecule has 15 heavy (non-hydrogen) atoms. The largest absolute Gasteiger partial charge is 0.381 e. The van der Waals surface area contributed by atoms with Gasteiger partial charge in [0.2, 0.25) is 0 Å². The molecule has 2 atom stereocenters. The molecular weight excluding hydrogens is 186 g/mol. The predicted octanol–water partition coefficient (Wildman–Crippen LogP) is 2.55. The summed E-state index contributed by atoms with van der Waals surface area (Å²) in [6, 6.07) is 6.27. The van der Waals surface area contributed by atoms with Crippen molar-refractivity contribution in [3.8, 4) is 6.07 Å². The lowest BCUT2D eigenvalue weighted by molar-refractivity contribution is 0.602. The lowest BCUT2D eigenvalue weighted by atomic mass is 10.1. The summed E-state index contributed by atoms with van der Waals surface area (Å²) in [4.78, 5) is 4.03. The van der Waals surface area contributed by atoms with Crippen molar-refractivity contribution in [3.05, 3.63) is 24.0 Å². The maximum absolute atomic E-state index is 8.61. The molecule has 0 aromatic carbocycles. The third-order valence-corrected chi connectivity index (χ3v) is 2.94. The van der Waals surface area contributed by atoms with Gasteiger partial charge in [-0.25, -0.2) is 4.98 Å². The number of hydrogen-bond donors (Lipinski definition) is 1. The molecule has 78 valence electrons. The van der Waals surface area contributed by atoms with E-state index >= 15 is 0 Å². The second-order valence-corrected chi connectivity index (χ2v) is 4.30. The van der Waals surface area contributed by atoms with Gasteiger partial charge in [0.25, 0.3) is 0 Å². The summed E-state index contributed by atoms with van der Waals surface area (Å²) < 4.78 is 0. The summed E-state index contributed by atoms with van der Waals surface area (Å²) in [7, 11) is 0. The van der Waals surface area contributed by atoms with E-state index in [0.29, 0.717) is 11.7 Å². The van der Waals surface area contributed by atoms with Crippen LogP contribution in [0.15, 0.2) is 18.3 Å². The predicted molar refractivity (Wildman–Crippen MR) is 59.4 cm³/mol. The van der Waals surface area contributed by atoms with Gasteiger partial charge < -0.3 is 5.32 Å². The molecule has 1 aliphatic carbocycles. The highest BCUT2D eigenvalue weighted by atomic mass is 14.9. The summed E-state index contributed by atoms with van der Waals surface area (Å²) >= 11 is 0. The van der Waals surface area contributed by atoms with E-state index in [1.807, 2.05) is 12.1 Å². The van der Waals surface area contributed by atoms with Crippen LogP contribution in [-0.4, -0.2) is 11.0 Å². The van der Waals surface area contributed by atoms with Crippen LogP contribution in [0.25, 0.3) is 0 Å². The Labute approximate surface area is 90.1 Å². The summed E-state index contributed by atoms with van der Waals surface area (Å²) in [5, 5.41) is 12.1. The third kappa shape index (κ3) is 2.47. The monoisotopic (exact) mass is 201 g/mol. The van der Waals surface area contributed by atoms with Crippen LogP contribution in [0, 0.1) is 17.2 Å². The van der Waals surface area contributed by atoms with Crippen LogP contribution in [0.4, 0.5) is 5.69 Å². The average Bonchev–Trinajstić information content (AvgIpc) is 2.65. The lowest BCUT2D eigenvalue weighted by Crippen LogP contribution is -2.15. The van der Waals surface area contributed by atoms with E-state index in [1.165, 1.54) is 19.3 Å². The first-order valence-corrected chi connectivity index (χ1v) is 5.40. The Morgan fingerprint density at radius 2 is 2.33 bits per heavy atom. The molecule has 2 rings (SSSR count). The smallest absolute Gasteiger partial charge is 0.140 e. The summed E-state index contributed by atoms with van der Waals surface area (Å²) in [6.45, 7) is 2.29. The molecule has 1 heterocycles. The van der Waals surface area contributed by atoms with E-state index in [0.717, 1.165) is 11.6 Å². The molecule has 0 spiro atoms. The molecule has 0 bridgehead atoms. The Morgan fingerprint density at radius 3 is 2.87 bits per heavy atom. The van der Waals surface area contributed by atoms with Gasteiger partial charge in [-0.3, -0.25) is 0 Å². The fourth-order valence-corrected chi connectivity index (χ4v) is 2.12. The second kappa shape index (κ2) is 4.31. The van der Waals surface area contributed by atoms with E-state index in [9.17, 15) is 0 Å². The molecule has 0 amide bonds. The molecule has 3 nitrogen and oxygen atoms in total. The zero-order valence-corrected chi connectivity index (χ0v) is 8.90. The Balaban J connectivity index is 1.96. The molecule has 1 aliphatic rings. The first kappa shape index (κ1) is 9.97. The quantitative estimate of drug-likeness (QED) is 0.800. The van der Waals surface area contributed by atoms with Crippen molar-refractivity contribution in [3.63, 3.8) is 0 Å². The molecule has 2 unspecified atom stereocenters. The third-order valence-electron chi connectivity index (χ3n) is 2.94.